The molecule has 0 saturated heterocycles. The second-order valence-corrected chi connectivity index (χ2v) is 11.8. The molecule has 2 unspecified atom stereocenters. The molecule has 24 heavy (non-hydrogen) atoms. The van der Waals surface area contributed by atoms with Crippen LogP contribution < -0.4 is 0 Å². The van der Waals surface area contributed by atoms with Gasteiger partial charge >= 0.3 is 0 Å². The van der Waals surface area contributed by atoms with Crippen LogP contribution in [0.4, 0.5) is 0 Å². The van der Waals surface area contributed by atoms with E-state index in [2.05, 4.69) is 63.2 Å². The molecule has 0 N–H and O–H groups in total. The predicted molar refractivity (Wildman–Crippen MR) is 117 cm³/mol. The second kappa shape index (κ2) is 8.22. The quantitative estimate of drug-likeness (QED) is 0.498. The molecule has 0 heterocycles. The van der Waals surface area contributed by atoms with Crippen LogP contribution in [-0.4, -0.2) is 15.1 Å². The summed E-state index contributed by atoms with van der Waals surface area (Å²) in [5.41, 5.74) is 0.571. The van der Waals surface area contributed by atoms with E-state index in [0.717, 1.165) is 5.92 Å². The van der Waals surface area contributed by atoms with Crippen LogP contribution in [-0.2, 0) is 0 Å². The zero-order chi connectivity index (χ0) is 18.6. The molecule has 0 aliphatic heterocycles. The lowest BCUT2D eigenvalue weighted by atomic mass is 9.30. The van der Waals surface area contributed by atoms with E-state index in [-0.39, 0.29) is 0 Å². The first kappa shape index (κ1) is 22.2. The lowest BCUT2D eigenvalue weighted by molar-refractivity contribution is 0.169. The minimum absolute atomic E-state index is 0.426. The van der Waals surface area contributed by atoms with Crippen LogP contribution in [0.1, 0.15) is 113 Å². The average molecular weight is 332 g/mol. The lowest BCUT2D eigenvalue weighted by Crippen LogP contribution is -2.35. The molecule has 0 radical (unpaired) electrons. The SMILES string of the molecule is BC1(C(C)(C)BC(C)(C)C)CCCCCC(C)(C(C)C)CCCC1. The standard InChI is InChI=1S/C22H46B2/c1-18(2)21(8)14-10-9-11-16-22(23,17-13-12-15-21)20(6,7)24-19(3,4)5/h18,24H,9-17,23H2,1-8H3. The summed E-state index contributed by atoms with van der Waals surface area (Å²) in [7, 11) is 3.94. The van der Waals surface area contributed by atoms with E-state index in [1.807, 2.05) is 0 Å². The van der Waals surface area contributed by atoms with Crippen LogP contribution in [0, 0.1) is 11.3 Å². The molecule has 1 fully saturated rings. The molecule has 0 nitrogen and oxygen atoms in total. The summed E-state index contributed by atoms with van der Waals surface area (Å²) < 4.78 is 0. The molecule has 1 aliphatic rings. The van der Waals surface area contributed by atoms with Gasteiger partial charge in [0.25, 0.3) is 0 Å². The Labute approximate surface area is 156 Å². The van der Waals surface area contributed by atoms with Crippen LogP contribution >= 0.6 is 0 Å². The van der Waals surface area contributed by atoms with Crippen molar-refractivity contribution < 1.29 is 0 Å². The van der Waals surface area contributed by atoms with Crippen LogP contribution in [0.5, 0.6) is 0 Å². The fraction of sp³-hybridized carbons (Fsp3) is 1.00. The van der Waals surface area contributed by atoms with Gasteiger partial charge in [-0.3, -0.25) is 0 Å². The molecule has 1 saturated carbocycles. The van der Waals surface area contributed by atoms with Crippen LogP contribution in [0.15, 0.2) is 0 Å². The molecule has 0 aromatic rings. The van der Waals surface area contributed by atoms with Crippen molar-refractivity contribution in [3.8, 4) is 0 Å². The minimum Gasteiger partial charge on any atom is -0.0671 e. The van der Waals surface area contributed by atoms with Gasteiger partial charge in [0.2, 0.25) is 0 Å². The average Bonchev–Trinajstić information content (AvgIpc) is 2.43. The Bertz CT molecular complexity index is 380. The Morgan fingerprint density at radius 2 is 1.21 bits per heavy atom. The van der Waals surface area contributed by atoms with Gasteiger partial charge in [-0.05, 0) is 24.2 Å². The van der Waals surface area contributed by atoms with Crippen molar-refractivity contribution in [1.29, 1.82) is 0 Å². The maximum Gasteiger partial charge on any atom is 0.133 e. The van der Waals surface area contributed by atoms with Crippen molar-refractivity contribution in [3.63, 3.8) is 0 Å². The first-order valence-electron chi connectivity index (χ1n) is 10.8. The third kappa shape index (κ3) is 6.14. The Morgan fingerprint density at radius 3 is 1.67 bits per heavy atom. The Kier molecular flexibility index (Phi) is 7.59. The van der Waals surface area contributed by atoms with Crippen LogP contribution in [0.2, 0.25) is 15.9 Å². The van der Waals surface area contributed by atoms with E-state index in [0.29, 0.717) is 21.4 Å². The van der Waals surface area contributed by atoms with Gasteiger partial charge in [-0.25, -0.2) is 0 Å². The van der Waals surface area contributed by atoms with E-state index in [9.17, 15) is 0 Å². The Hall–Kier alpha value is 0.130. The summed E-state index contributed by atoms with van der Waals surface area (Å²) in [6, 6.07) is 0. The van der Waals surface area contributed by atoms with Crippen molar-refractivity contribution in [2.24, 2.45) is 11.3 Å². The largest absolute Gasteiger partial charge is 0.133 e. The van der Waals surface area contributed by atoms with Crippen molar-refractivity contribution in [1.82, 2.24) is 0 Å². The second-order valence-electron chi connectivity index (χ2n) is 11.8. The van der Waals surface area contributed by atoms with E-state index in [1.165, 1.54) is 65.1 Å². The molecule has 0 spiro atoms. The molecule has 2 atom stereocenters. The number of hydrogen-bond donors (Lipinski definition) is 0. The highest BCUT2D eigenvalue weighted by atomic mass is 14.4. The molecule has 0 aromatic heterocycles. The molecule has 1 aliphatic carbocycles. The summed E-state index contributed by atoms with van der Waals surface area (Å²) >= 11 is 0. The topological polar surface area (TPSA) is 0 Å². The normalized spacial score (nSPS) is 31.5. The zero-order valence-electron chi connectivity index (χ0n) is 18.6. The molecule has 0 aromatic carbocycles. The third-order valence-electron chi connectivity index (χ3n) is 7.70. The van der Waals surface area contributed by atoms with Gasteiger partial charge in [-0.1, -0.05) is 116 Å². The van der Waals surface area contributed by atoms with Crippen molar-refractivity contribution >= 4 is 15.1 Å². The van der Waals surface area contributed by atoms with Crippen molar-refractivity contribution in [2.75, 3.05) is 0 Å². The van der Waals surface area contributed by atoms with E-state index in [4.69, 9.17) is 0 Å². The van der Waals surface area contributed by atoms with Crippen molar-refractivity contribution in [2.45, 2.75) is 129 Å². The fourth-order valence-electron chi connectivity index (χ4n) is 5.31. The van der Waals surface area contributed by atoms with Gasteiger partial charge in [-0.15, -0.1) is 0 Å². The molecule has 0 amide bonds. The zero-order valence-corrected chi connectivity index (χ0v) is 18.6. The summed E-state index contributed by atoms with van der Waals surface area (Å²) in [5.74, 6) is 0.821. The van der Waals surface area contributed by atoms with Gasteiger partial charge in [0.05, 0.1) is 0 Å². The molecular formula is C22H46B2. The molecule has 1 rings (SSSR count). The molecular weight excluding hydrogens is 286 g/mol. The summed E-state index contributed by atoms with van der Waals surface area (Å²) in [6.45, 7) is 19.8. The van der Waals surface area contributed by atoms with Gasteiger partial charge in [0.1, 0.15) is 15.1 Å². The van der Waals surface area contributed by atoms with E-state index in [1.54, 1.807) is 0 Å². The maximum atomic E-state index is 2.61. The maximum absolute atomic E-state index is 2.61. The summed E-state index contributed by atoms with van der Waals surface area (Å²) in [5, 5.41) is 1.36. The van der Waals surface area contributed by atoms with Gasteiger partial charge in [0, 0.05) is 0 Å². The molecule has 2 heteroatoms. The monoisotopic (exact) mass is 332 g/mol. The predicted octanol–water partition coefficient (Wildman–Crippen LogP) is 6.82. The van der Waals surface area contributed by atoms with E-state index < -0.39 is 0 Å². The van der Waals surface area contributed by atoms with Gasteiger partial charge in [-0.2, -0.15) is 0 Å². The first-order chi connectivity index (χ1) is 10.8. The first-order valence-corrected chi connectivity index (χ1v) is 10.8. The smallest absolute Gasteiger partial charge is 0.0671 e. The van der Waals surface area contributed by atoms with Crippen LogP contribution in [0.3, 0.4) is 0 Å². The highest BCUT2D eigenvalue weighted by molar-refractivity contribution is 6.46. The molecule has 140 valence electrons. The Morgan fingerprint density at radius 1 is 0.792 bits per heavy atom. The highest BCUT2D eigenvalue weighted by Crippen LogP contribution is 2.58. The fourth-order valence-corrected chi connectivity index (χ4v) is 5.31. The minimum atomic E-state index is 0.426. The molecule has 0 bridgehead atoms. The Balaban J connectivity index is 2.85. The summed E-state index contributed by atoms with van der Waals surface area (Å²) in [6.07, 6.45) is 12.9. The van der Waals surface area contributed by atoms with Crippen LogP contribution in [0.25, 0.3) is 0 Å². The van der Waals surface area contributed by atoms with Gasteiger partial charge in [0.15, 0.2) is 0 Å². The third-order valence-corrected chi connectivity index (χ3v) is 7.70. The highest BCUT2D eigenvalue weighted by Gasteiger charge is 2.42. The van der Waals surface area contributed by atoms with Crippen molar-refractivity contribution in [3.05, 3.63) is 0 Å². The lowest BCUT2D eigenvalue weighted by Gasteiger charge is -2.48. The number of hydrogen-bond acceptors (Lipinski definition) is 0. The van der Waals surface area contributed by atoms with E-state index >= 15 is 0 Å². The number of rotatable bonds is 3. The summed E-state index contributed by atoms with van der Waals surface area (Å²) in [4.78, 5) is 0. The van der Waals surface area contributed by atoms with Gasteiger partial charge < -0.3 is 0 Å².